The standard InChI is InChI=1S/C26H25N3O6S/c1-5-34-25(31)22-16(4)27-26-28(23(22)19-8-6-7-9-20(19)35-15(2)3)24(30)21(36-26)14-17-10-12-18(13-11-17)29(32)33/h6-15,23H,5H2,1-4H3/b21-14+/t23-/m1/s1. The average molecular weight is 508 g/mol. The Bertz CT molecular complexity index is 1530. The third-order valence-corrected chi connectivity index (χ3v) is 6.48. The molecule has 9 nitrogen and oxygen atoms in total. The van der Waals surface area contributed by atoms with Crippen LogP contribution >= 0.6 is 11.3 Å². The fourth-order valence-electron chi connectivity index (χ4n) is 4.00. The molecule has 1 atom stereocenters. The van der Waals surface area contributed by atoms with Crippen LogP contribution < -0.4 is 19.6 Å². The Hall–Kier alpha value is -4.05. The van der Waals surface area contributed by atoms with Gasteiger partial charge in [-0.2, -0.15) is 0 Å². The predicted octanol–water partition coefficient (Wildman–Crippen LogP) is 3.49. The molecule has 3 aromatic rings. The predicted molar refractivity (Wildman–Crippen MR) is 136 cm³/mol. The minimum Gasteiger partial charge on any atom is -0.491 e. The highest BCUT2D eigenvalue weighted by atomic mass is 32.1. The van der Waals surface area contributed by atoms with Crippen molar-refractivity contribution in [3.63, 3.8) is 0 Å². The van der Waals surface area contributed by atoms with Crippen LogP contribution in [-0.2, 0) is 9.53 Å². The van der Waals surface area contributed by atoms with E-state index in [0.29, 0.717) is 31.9 Å². The molecule has 36 heavy (non-hydrogen) atoms. The Balaban J connectivity index is 1.94. The van der Waals surface area contributed by atoms with E-state index in [1.807, 2.05) is 32.0 Å². The highest BCUT2D eigenvalue weighted by Gasteiger charge is 2.35. The van der Waals surface area contributed by atoms with Crippen molar-refractivity contribution in [3.05, 3.63) is 101 Å². The maximum Gasteiger partial charge on any atom is 0.338 e. The number of aromatic nitrogens is 1. The number of carbonyl (C=O) groups is 1. The van der Waals surface area contributed by atoms with Crippen LogP contribution in [-0.4, -0.2) is 28.2 Å². The SMILES string of the molecule is CCOC(=O)C1=C(C)N=c2s/c(=C/c3ccc([N+](=O)[O-])cc3)c(=O)n2[C@@H]1c1ccccc1OC(C)C. The van der Waals surface area contributed by atoms with E-state index in [1.165, 1.54) is 28.0 Å². The number of para-hydroxylation sites is 1. The van der Waals surface area contributed by atoms with Gasteiger partial charge in [-0.1, -0.05) is 29.5 Å². The lowest BCUT2D eigenvalue weighted by Crippen LogP contribution is -2.40. The molecule has 0 amide bonds. The lowest BCUT2D eigenvalue weighted by molar-refractivity contribution is -0.384. The molecule has 2 aromatic carbocycles. The number of nitrogens with zero attached hydrogens (tertiary/aromatic N) is 3. The molecule has 2 heterocycles. The number of carbonyl (C=O) groups excluding carboxylic acids is 1. The second-order valence-electron chi connectivity index (χ2n) is 8.36. The number of fused-ring (bicyclic) bond motifs is 1. The zero-order valence-corrected chi connectivity index (χ0v) is 21.1. The van der Waals surface area contributed by atoms with Crippen LogP contribution in [0.2, 0.25) is 0 Å². The molecule has 0 saturated carbocycles. The quantitative estimate of drug-likeness (QED) is 0.275. The molecular formula is C26H25N3O6S. The number of rotatable bonds is 7. The van der Waals surface area contributed by atoms with E-state index < -0.39 is 16.9 Å². The highest BCUT2D eigenvalue weighted by Crippen LogP contribution is 2.36. The van der Waals surface area contributed by atoms with Gasteiger partial charge < -0.3 is 9.47 Å². The number of esters is 1. The number of nitro groups is 1. The van der Waals surface area contributed by atoms with Gasteiger partial charge in [0, 0.05) is 17.7 Å². The van der Waals surface area contributed by atoms with E-state index in [4.69, 9.17) is 9.47 Å². The smallest absolute Gasteiger partial charge is 0.338 e. The molecule has 0 unspecified atom stereocenters. The summed E-state index contributed by atoms with van der Waals surface area (Å²) in [5.41, 5.74) is 1.63. The fourth-order valence-corrected chi connectivity index (χ4v) is 5.04. The van der Waals surface area contributed by atoms with Crippen LogP contribution in [0.1, 0.15) is 44.9 Å². The minimum absolute atomic E-state index is 0.0370. The van der Waals surface area contributed by atoms with Crippen molar-refractivity contribution in [2.24, 2.45) is 4.99 Å². The van der Waals surface area contributed by atoms with Gasteiger partial charge in [-0.25, -0.2) is 9.79 Å². The van der Waals surface area contributed by atoms with E-state index in [0.717, 1.165) is 0 Å². The Morgan fingerprint density at radius 1 is 1.22 bits per heavy atom. The van der Waals surface area contributed by atoms with Crippen molar-refractivity contribution in [2.45, 2.75) is 39.8 Å². The lowest BCUT2D eigenvalue weighted by atomic mass is 9.95. The molecule has 10 heteroatoms. The molecule has 0 bridgehead atoms. The lowest BCUT2D eigenvalue weighted by Gasteiger charge is -2.26. The molecular weight excluding hydrogens is 482 g/mol. The molecule has 0 aliphatic carbocycles. The molecule has 0 N–H and O–H groups in total. The van der Waals surface area contributed by atoms with Crippen molar-refractivity contribution in [2.75, 3.05) is 6.61 Å². The van der Waals surface area contributed by atoms with Gasteiger partial charge in [0.05, 0.1) is 33.4 Å². The minimum atomic E-state index is -0.797. The summed E-state index contributed by atoms with van der Waals surface area (Å²) in [7, 11) is 0. The van der Waals surface area contributed by atoms with Crippen molar-refractivity contribution >= 4 is 29.1 Å². The molecule has 1 aromatic heterocycles. The zero-order valence-electron chi connectivity index (χ0n) is 20.3. The first-order valence-corrected chi connectivity index (χ1v) is 12.2. The van der Waals surface area contributed by atoms with Crippen LogP contribution in [0.25, 0.3) is 6.08 Å². The van der Waals surface area contributed by atoms with Gasteiger partial charge in [-0.3, -0.25) is 19.5 Å². The summed E-state index contributed by atoms with van der Waals surface area (Å²) in [5, 5.41) is 11.0. The summed E-state index contributed by atoms with van der Waals surface area (Å²) in [6, 6.07) is 12.4. The van der Waals surface area contributed by atoms with E-state index in [-0.39, 0.29) is 29.5 Å². The first-order chi connectivity index (χ1) is 17.2. The van der Waals surface area contributed by atoms with Crippen LogP contribution in [0, 0.1) is 10.1 Å². The van der Waals surface area contributed by atoms with Gasteiger partial charge in [-0.05, 0) is 57.5 Å². The van der Waals surface area contributed by atoms with Gasteiger partial charge in [0.25, 0.3) is 11.2 Å². The third-order valence-electron chi connectivity index (χ3n) is 5.49. The van der Waals surface area contributed by atoms with Crippen molar-refractivity contribution < 1.29 is 19.2 Å². The summed E-state index contributed by atoms with van der Waals surface area (Å²) in [6.07, 6.45) is 1.53. The summed E-state index contributed by atoms with van der Waals surface area (Å²) in [5.74, 6) is 0.00620. The third kappa shape index (κ3) is 4.85. The van der Waals surface area contributed by atoms with Gasteiger partial charge in [0.1, 0.15) is 11.8 Å². The molecule has 0 spiro atoms. The molecule has 1 aliphatic heterocycles. The maximum absolute atomic E-state index is 13.7. The van der Waals surface area contributed by atoms with Crippen LogP contribution in [0.15, 0.2) is 69.6 Å². The second-order valence-corrected chi connectivity index (χ2v) is 9.36. The van der Waals surface area contributed by atoms with E-state index >= 15 is 0 Å². The van der Waals surface area contributed by atoms with E-state index in [2.05, 4.69) is 4.99 Å². The first-order valence-electron chi connectivity index (χ1n) is 11.4. The molecule has 1 aliphatic rings. The first kappa shape index (κ1) is 25.1. The number of nitro benzene ring substituents is 1. The van der Waals surface area contributed by atoms with Crippen LogP contribution in [0.5, 0.6) is 5.75 Å². The Kier molecular flexibility index (Phi) is 7.16. The summed E-state index contributed by atoms with van der Waals surface area (Å²) >= 11 is 1.18. The Labute approximate surface area is 210 Å². The summed E-state index contributed by atoms with van der Waals surface area (Å²) < 4.78 is 13.2. The largest absolute Gasteiger partial charge is 0.491 e. The number of hydrogen-bond acceptors (Lipinski definition) is 8. The summed E-state index contributed by atoms with van der Waals surface area (Å²) in [4.78, 5) is 42.3. The van der Waals surface area contributed by atoms with Crippen molar-refractivity contribution in [3.8, 4) is 5.75 Å². The van der Waals surface area contributed by atoms with Gasteiger partial charge in [-0.15, -0.1) is 0 Å². The number of non-ortho nitro benzene ring substituents is 1. The zero-order chi connectivity index (χ0) is 26.0. The van der Waals surface area contributed by atoms with Crippen LogP contribution in [0.3, 0.4) is 0 Å². The van der Waals surface area contributed by atoms with Crippen molar-refractivity contribution in [1.82, 2.24) is 4.57 Å². The normalized spacial score (nSPS) is 15.5. The van der Waals surface area contributed by atoms with E-state index in [9.17, 15) is 19.7 Å². The van der Waals surface area contributed by atoms with Crippen molar-refractivity contribution in [1.29, 1.82) is 0 Å². The monoisotopic (exact) mass is 507 g/mol. The number of hydrogen-bond donors (Lipinski definition) is 0. The molecule has 0 fully saturated rings. The number of allylic oxidation sites excluding steroid dienone is 1. The topological polar surface area (TPSA) is 113 Å². The fraction of sp³-hybridized carbons (Fsp3) is 0.269. The Morgan fingerprint density at radius 2 is 1.92 bits per heavy atom. The summed E-state index contributed by atoms with van der Waals surface area (Å²) in [6.45, 7) is 7.42. The van der Waals surface area contributed by atoms with Gasteiger partial charge in [0.2, 0.25) is 0 Å². The van der Waals surface area contributed by atoms with Crippen LogP contribution in [0.4, 0.5) is 5.69 Å². The number of ether oxygens (including phenoxy) is 2. The molecule has 0 radical (unpaired) electrons. The Morgan fingerprint density at radius 3 is 2.56 bits per heavy atom. The van der Waals surface area contributed by atoms with E-state index in [1.54, 1.807) is 38.1 Å². The molecule has 4 rings (SSSR count). The average Bonchev–Trinajstić information content (AvgIpc) is 3.13. The molecule has 0 saturated heterocycles. The van der Waals surface area contributed by atoms with Gasteiger partial charge in [0.15, 0.2) is 4.80 Å². The second kappa shape index (κ2) is 10.3. The highest BCUT2D eigenvalue weighted by molar-refractivity contribution is 7.07. The maximum atomic E-state index is 13.7. The molecule has 186 valence electrons. The number of benzene rings is 2. The van der Waals surface area contributed by atoms with Gasteiger partial charge >= 0.3 is 5.97 Å². The number of thiazole rings is 1.